The number of nitrogens with zero attached hydrogens (tertiary/aromatic N) is 1. The van der Waals surface area contributed by atoms with Gasteiger partial charge in [-0.25, -0.2) is 4.39 Å². The second-order valence-corrected chi connectivity index (χ2v) is 4.87. The Balaban J connectivity index is 2.94. The number of halogens is 2. The van der Waals surface area contributed by atoms with E-state index in [1.54, 1.807) is 12.1 Å². The lowest BCUT2D eigenvalue weighted by atomic mass is 10.0. The average Bonchev–Trinajstić information content (AvgIpc) is 2.35. The Bertz CT molecular complexity index is 365. The van der Waals surface area contributed by atoms with Crippen molar-refractivity contribution in [3.63, 3.8) is 0 Å². The van der Waals surface area contributed by atoms with Gasteiger partial charge in [0, 0.05) is 12.6 Å². The van der Waals surface area contributed by atoms with Crippen molar-refractivity contribution in [3.8, 4) is 0 Å². The van der Waals surface area contributed by atoms with Crippen molar-refractivity contribution in [2.45, 2.75) is 32.7 Å². The zero-order chi connectivity index (χ0) is 13.5. The molecule has 0 aliphatic heterocycles. The lowest BCUT2D eigenvalue weighted by Crippen LogP contribution is -2.35. The summed E-state index contributed by atoms with van der Waals surface area (Å²) in [6.07, 6.45) is 2.15. The highest BCUT2D eigenvalue weighted by Gasteiger charge is 2.18. The van der Waals surface area contributed by atoms with E-state index in [-0.39, 0.29) is 16.9 Å². The maximum absolute atomic E-state index is 13.2. The van der Waals surface area contributed by atoms with Crippen LogP contribution in [0.25, 0.3) is 0 Å². The summed E-state index contributed by atoms with van der Waals surface area (Å²) >= 11 is 5.84. The summed E-state index contributed by atoms with van der Waals surface area (Å²) in [4.78, 5) is 2.34. The fourth-order valence-corrected chi connectivity index (χ4v) is 2.40. The quantitative estimate of drug-likeness (QED) is 0.822. The highest BCUT2D eigenvalue weighted by atomic mass is 35.5. The standard InChI is InChI=1S/C14H22ClFN2/c1-3-7-18(8-4-2)14(10-17)11-5-6-13(16)12(15)9-11/h5-6,9,14H,3-4,7-8,10,17H2,1-2H3. The second-order valence-electron chi connectivity index (χ2n) is 4.46. The summed E-state index contributed by atoms with van der Waals surface area (Å²) in [5.41, 5.74) is 6.87. The van der Waals surface area contributed by atoms with Crippen LogP contribution in [0.3, 0.4) is 0 Å². The smallest absolute Gasteiger partial charge is 0.141 e. The molecule has 2 nitrogen and oxygen atoms in total. The van der Waals surface area contributed by atoms with E-state index in [2.05, 4.69) is 18.7 Å². The normalized spacial score (nSPS) is 13.0. The van der Waals surface area contributed by atoms with Crippen molar-refractivity contribution < 1.29 is 4.39 Å². The van der Waals surface area contributed by atoms with Gasteiger partial charge in [-0.2, -0.15) is 0 Å². The minimum atomic E-state index is -0.381. The minimum Gasteiger partial charge on any atom is -0.329 e. The molecule has 4 heteroatoms. The maximum Gasteiger partial charge on any atom is 0.141 e. The van der Waals surface area contributed by atoms with Gasteiger partial charge in [-0.1, -0.05) is 31.5 Å². The fraction of sp³-hybridized carbons (Fsp3) is 0.571. The number of nitrogens with two attached hydrogens (primary N) is 1. The fourth-order valence-electron chi connectivity index (χ4n) is 2.21. The van der Waals surface area contributed by atoms with Crippen molar-refractivity contribution in [2.24, 2.45) is 5.73 Å². The molecule has 0 heterocycles. The third-order valence-electron chi connectivity index (χ3n) is 3.01. The second kappa shape index (κ2) is 7.72. The monoisotopic (exact) mass is 272 g/mol. The highest BCUT2D eigenvalue weighted by molar-refractivity contribution is 6.30. The largest absolute Gasteiger partial charge is 0.329 e. The lowest BCUT2D eigenvalue weighted by Gasteiger charge is -2.30. The maximum atomic E-state index is 13.2. The van der Waals surface area contributed by atoms with E-state index in [1.165, 1.54) is 6.07 Å². The Hall–Kier alpha value is -0.640. The summed E-state index contributed by atoms with van der Waals surface area (Å²) in [5.74, 6) is -0.381. The van der Waals surface area contributed by atoms with Gasteiger partial charge in [-0.05, 0) is 43.6 Å². The highest BCUT2D eigenvalue weighted by Crippen LogP contribution is 2.25. The molecule has 1 aromatic rings. The molecule has 18 heavy (non-hydrogen) atoms. The first-order chi connectivity index (χ1) is 8.63. The number of hydrogen-bond donors (Lipinski definition) is 1. The molecule has 1 rings (SSSR count). The first-order valence-corrected chi connectivity index (χ1v) is 6.90. The number of benzene rings is 1. The molecule has 0 aliphatic carbocycles. The van der Waals surface area contributed by atoms with E-state index < -0.39 is 0 Å². The predicted molar refractivity (Wildman–Crippen MR) is 75.4 cm³/mol. The zero-order valence-corrected chi connectivity index (χ0v) is 11.9. The molecule has 0 saturated heterocycles. The first-order valence-electron chi connectivity index (χ1n) is 6.53. The molecule has 0 spiro atoms. The molecule has 1 unspecified atom stereocenters. The van der Waals surface area contributed by atoms with Gasteiger partial charge in [-0.15, -0.1) is 0 Å². The van der Waals surface area contributed by atoms with Crippen LogP contribution >= 0.6 is 11.6 Å². The molecule has 0 aliphatic rings. The van der Waals surface area contributed by atoms with E-state index >= 15 is 0 Å². The molecular formula is C14H22ClFN2. The van der Waals surface area contributed by atoms with Gasteiger partial charge in [0.25, 0.3) is 0 Å². The average molecular weight is 273 g/mol. The third kappa shape index (κ3) is 3.94. The summed E-state index contributed by atoms with van der Waals surface area (Å²) in [6.45, 7) is 6.79. The van der Waals surface area contributed by atoms with Crippen LogP contribution in [0.15, 0.2) is 18.2 Å². The van der Waals surface area contributed by atoms with Crippen LogP contribution in [-0.4, -0.2) is 24.5 Å². The molecular weight excluding hydrogens is 251 g/mol. The Morgan fingerprint density at radius 1 is 1.28 bits per heavy atom. The van der Waals surface area contributed by atoms with Gasteiger partial charge in [0.15, 0.2) is 0 Å². The number of rotatable bonds is 7. The van der Waals surface area contributed by atoms with Crippen LogP contribution in [0.5, 0.6) is 0 Å². The van der Waals surface area contributed by atoms with Crippen molar-refractivity contribution in [1.82, 2.24) is 4.90 Å². The topological polar surface area (TPSA) is 29.3 Å². The van der Waals surface area contributed by atoms with E-state index in [0.29, 0.717) is 6.54 Å². The molecule has 2 N–H and O–H groups in total. The van der Waals surface area contributed by atoms with Crippen molar-refractivity contribution in [1.29, 1.82) is 0 Å². The predicted octanol–water partition coefficient (Wildman–Crippen LogP) is 3.60. The van der Waals surface area contributed by atoms with Gasteiger partial charge in [0.05, 0.1) is 5.02 Å². The van der Waals surface area contributed by atoms with Crippen LogP contribution in [-0.2, 0) is 0 Å². The molecule has 1 aromatic carbocycles. The summed E-state index contributed by atoms with van der Waals surface area (Å²) in [6, 6.07) is 4.99. The van der Waals surface area contributed by atoms with Crippen molar-refractivity contribution in [2.75, 3.05) is 19.6 Å². The van der Waals surface area contributed by atoms with Crippen LogP contribution < -0.4 is 5.73 Å². The lowest BCUT2D eigenvalue weighted by molar-refractivity contribution is 0.202. The molecule has 0 amide bonds. The first kappa shape index (κ1) is 15.4. The Morgan fingerprint density at radius 3 is 2.33 bits per heavy atom. The summed E-state index contributed by atoms with van der Waals surface area (Å²) in [5, 5.41) is 0.166. The van der Waals surface area contributed by atoms with Gasteiger partial charge < -0.3 is 5.73 Å². The molecule has 0 radical (unpaired) electrons. The van der Waals surface area contributed by atoms with E-state index in [1.807, 2.05) is 0 Å². The molecule has 0 fully saturated rings. The SMILES string of the molecule is CCCN(CCC)C(CN)c1ccc(F)c(Cl)c1. The van der Waals surface area contributed by atoms with E-state index in [9.17, 15) is 4.39 Å². The third-order valence-corrected chi connectivity index (χ3v) is 3.30. The summed E-state index contributed by atoms with van der Waals surface area (Å²) < 4.78 is 13.2. The van der Waals surface area contributed by atoms with E-state index in [0.717, 1.165) is 31.5 Å². The van der Waals surface area contributed by atoms with Crippen LogP contribution in [0.2, 0.25) is 5.02 Å². The summed E-state index contributed by atoms with van der Waals surface area (Å²) in [7, 11) is 0. The van der Waals surface area contributed by atoms with E-state index in [4.69, 9.17) is 17.3 Å². The van der Waals surface area contributed by atoms with Gasteiger partial charge in [0.1, 0.15) is 5.82 Å². The molecule has 0 saturated carbocycles. The van der Waals surface area contributed by atoms with Crippen LogP contribution in [0.4, 0.5) is 4.39 Å². The van der Waals surface area contributed by atoms with Gasteiger partial charge in [0.2, 0.25) is 0 Å². The van der Waals surface area contributed by atoms with Crippen molar-refractivity contribution in [3.05, 3.63) is 34.6 Å². The molecule has 102 valence electrons. The number of hydrogen-bond acceptors (Lipinski definition) is 2. The Kier molecular flexibility index (Phi) is 6.61. The Labute approximate surface area is 114 Å². The minimum absolute atomic E-state index is 0.114. The van der Waals surface area contributed by atoms with Crippen molar-refractivity contribution >= 4 is 11.6 Å². The van der Waals surface area contributed by atoms with Gasteiger partial charge in [-0.3, -0.25) is 4.90 Å². The Morgan fingerprint density at radius 2 is 1.89 bits per heavy atom. The van der Waals surface area contributed by atoms with Crippen LogP contribution in [0, 0.1) is 5.82 Å². The molecule has 0 bridgehead atoms. The van der Waals surface area contributed by atoms with Crippen LogP contribution in [0.1, 0.15) is 38.3 Å². The molecule has 0 aromatic heterocycles. The van der Waals surface area contributed by atoms with Gasteiger partial charge >= 0.3 is 0 Å². The molecule has 1 atom stereocenters. The zero-order valence-electron chi connectivity index (χ0n) is 11.1.